The second kappa shape index (κ2) is 5.23. The van der Waals surface area contributed by atoms with Gasteiger partial charge in [0.2, 0.25) is 0 Å². The monoisotopic (exact) mass is 137 g/mol. The van der Waals surface area contributed by atoms with Gasteiger partial charge in [0.05, 0.1) is 0 Å². The molecule has 0 saturated carbocycles. The molecule has 0 heterocycles. The van der Waals surface area contributed by atoms with Crippen LogP contribution in [0.5, 0.6) is 0 Å². The van der Waals surface area contributed by atoms with Gasteiger partial charge in [-0.15, -0.1) is 0 Å². The van der Waals surface area contributed by atoms with Crippen LogP contribution in [0.4, 0.5) is 0 Å². The van der Waals surface area contributed by atoms with E-state index in [0.717, 1.165) is 0 Å². The van der Waals surface area contributed by atoms with E-state index in [2.05, 4.69) is 0 Å². The molecule has 41 valence electrons. The Kier molecular flexibility index (Phi) is 11.7. The molecule has 0 saturated heterocycles. The van der Waals surface area contributed by atoms with E-state index in [9.17, 15) is 0 Å². The van der Waals surface area contributed by atoms with Gasteiger partial charge >= 0.3 is 9.05 Å². The second-order valence-corrected chi connectivity index (χ2v) is 1.80. The third kappa shape index (κ3) is 156. The van der Waals surface area contributed by atoms with E-state index in [1.807, 2.05) is 0 Å². The molecule has 0 bridgehead atoms. The van der Waals surface area contributed by atoms with Gasteiger partial charge in [0, 0.05) is 18.9 Å². The normalized spacial score (nSPS) is 8.57. The molecule has 0 aliphatic heterocycles. The minimum absolute atomic E-state index is 0. The summed E-state index contributed by atoms with van der Waals surface area (Å²) in [5.74, 6) is 0. The van der Waals surface area contributed by atoms with Crippen molar-refractivity contribution in [3.63, 3.8) is 0 Å². The Bertz CT molecular complexity index is 27.2. The van der Waals surface area contributed by atoms with Crippen LogP contribution in [-0.2, 0) is 0 Å². The average molecular weight is 137 g/mol. The maximum Gasteiger partial charge on any atom is 0.668 e. The van der Waals surface area contributed by atoms with Crippen LogP contribution in [0.1, 0.15) is 0 Å². The van der Waals surface area contributed by atoms with E-state index in [4.69, 9.17) is 19.2 Å². The summed E-state index contributed by atoms with van der Waals surface area (Å²) in [7, 11) is -4.61. The largest absolute Gasteiger partial charge is 0.668 e. The molecule has 0 aromatic carbocycles. The zero-order valence-corrected chi connectivity index (χ0v) is 6.41. The molecule has 0 aromatic rings. The van der Waals surface area contributed by atoms with E-state index in [0.29, 0.717) is 0 Å². The second-order valence-electron chi connectivity index (χ2n) is 0.600. The quantitative estimate of drug-likeness (QED) is 0.213. The van der Waals surface area contributed by atoms with Gasteiger partial charge in [0.15, 0.2) is 0 Å². The first-order valence-corrected chi connectivity index (χ1v) is 2.68. The van der Waals surface area contributed by atoms with Crippen molar-refractivity contribution in [3.8, 4) is 0 Å². The summed E-state index contributed by atoms with van der Waals surface area (Å²) in [6.07, 6.45) is 0. The van der Waals surface area contributed by atoms with Crippen molar-refractivity contribution in [2.24, 2.45) is 0 Å². The van der Waals surface area contributed by atoms with E-state index in [1.54, 1.807) is 0 Å². The van der Waals surface area contributed by atoms with E-state index < -0.39 is 9.05 Å². The van der Waals surface area contributed by atoms with Crippen molar-refractivity contribution in [1.29, 1.82) is 0 Å². The van der Waals surface area contributed by atoms with Gasteiger partial charge in [-0.3, -0.25) is 0 Å². The van der Waals surface area contributed by atoms with Crippen LogP contribution in [0, 0.1) is 0 Å². The maximum absolute atomic E-state index is 7.33. The fraction of sp³-hybridized carbons (Fsp3) is 0. The molecule has 0 spiro atoms. The standard InChI is InChI=1S/Li.H4O4Si.H3P/c;1-5(2,3)4;/h;1-4H;1H3. The Balaban J connectivity index is -0.0000000800. The average Bonchev–Trinajstić information content (AvgIpc) is 0.722. The Morgan fingerprint density at radius 2 is 0.857 bits per heavy atom. The summed E-state index contributed by atoms with van der Waals surface area (Å²) < 4.78 is 0. The third-order valence-electron chi connectivity index (χ3n) is 0. The zero-order valence-electron chi connectivity index (χ0n) is 4.00. The topological polar surface area (TPSA) is 80.9 Å². The van der Waals surface area contributed by atoms with E-state index >= 15 is 0 Å². The minimum Gasteiger partial charge on any atom is -0.368 e. The molecular weight excluding hydrogens is 130 g/mol. The van der Waals surface area contributed by atoms with Crippen LogP contribution in [0.2, 0.25) is 0 Å². The van der Waals surface area contributed by atoms with Gasteiger partial charge in [-0.05, 0) is 0 Å². The van der Waals surface area contributed by atoms with Crippen LogP contribution < -0.4 is 0 Å². The fourth-order valence-corrected chi connectivity index (χ4v) is 0. The Morgan fingerprint density at radius 1 is 0.857 bits per heavy atom. The molecule has 0 fully saturated rings. The third-order valence-corrected chi connectivity index (χ3v) is 0. The first-order valence-electron chi connectivity index (χ1n) is 0.894. The summed E-state index contributed by atoms with van der Waals surface area (Å²) in [6.45, 7) is 0. The van der Waals surface area contributed by atoms with Gasteiger partial charge in [0.1, 0.15) is 0 Å². The molecule has 0 amide bonds. The molecule has 7 heavy (non-hydrogen) atoms. The van der Waals surface area contributed by atoms with Crippen LogP contribution in [0.3, 0.4) is 0 Å². The van der Waals surface area contributed by atoms with Gasteiger partial charge in [-0.1, -0.05) is 0 Å². The predicted molar refractivity (Wildman–Crippen MR) is 31.5 cm³/mol. The van der Waals surface area contributed by atoms with Gasteiger partial charge in [0.25, 0.3) is 0 Å². The summed E-state index contributed by atoms with van der Waals surface area (Å²) in [5, 5.41) is 0. The molecule has 0 aliphatic carbocycles. The SMILES string of the molecule is O[Si](O)(O)O.P.[Li]. The van der Waals surface area contributed by atoms with Crippen LogP contribution >= 0.6 is 9.90 Å². The molecule has 0 rings (SSSR count). The van der Waals surface area contributed by atoms with Crippen molar-refractivity contribution in [2.45, 2.75) is 0 Å². The molecule has 1 radical (unpaired) electrons. The summed E-state index contributed by atoms with van der Waals surface area (Å²) >= 11 is 0. The number of hydrogen-bond donors (Lipinski definition) is 4. The Hall–Kier alpha value is 1.08. The molecule has 4 N–H and O–H groups in total. The van der Waals surface area contributed by atoms with Crippen molar-refractivity contribution < 1.29 is 19.2 Å². The molecule has 4 nitrogen and oxygen atoms in total. The predicted octanol–water partition coefficient (Wildman–Crippen LogP) is -2.93. The first kappa shape index (κ1) is 15.7. The van der Waals surface area contributed by atoms with Gasteiger partial charge in [-0.2, -0.15) is 9.90 Å². The molecule has 1 unspecified atom stereocenters. The van der Waals surface area contributed by atoms with E-state index in [-0.39, 0.29) is 28.8 Å². The minimum atomic E-state index is -4.61. The van der Waals surface area contributed by atoms with Crippen LogP contribution in [0.25, 0.3) is 0 Å². The van der Waals surface area contributed by atoms with Gasteiger partial charge < -0.3 is 19.2 Å². The van der Waals surface area contributed by atoms with Crippen LogP contribution in [-0.4, -0.2) is 47.1 Å². The molecule has 1 atom stereocenters. The van der Waals surface area contributed by atoms with Crippen molar-refractivity contribution in [3.05, 3.63) is 0 Å². The van der Waals surface area contributed by atoms with Crippen molar-refractivity contribution in [2.75, 3.05) is 0 Å². The molecule has 7 heteroatoms. The van der Waals surface area contributed by atoms with Crippen LogP contribution in [0.15, 0.2) is 0 Å². The Labute approximate surface area is 57.5 Å². The van der Waals surface area contributed by atoms with E-state index in [1.165, 1.54) is 0 Å². The Morgan fingerprint density at radius 3 is 0.857 bits per heavy atom. The fourth-order valence-electron chi connectivity index (χ4n) is 0. The smallest absolute Gasteiger partial charge is 0.368 e. The number of hydrogen-bond acceptors (Lipinski definition) is 4. The molecular formula is H7LiO4PSi. The summed E-state index contributed by atoms with van der Waals surface area (Å²) in [4.78, 5) is 29.3. The summed E-state index contributed by atoms with van der Waals surface area (Å²) in [5.41, 5.74) is 0. The number of rotatable bonds is 0. The van der Waals surface area contributed by atoms with Gasteiger partial charge in [-0.25, -0.2) is 0 Å². The molecule has 0 aromatic heterocycles. The maximum atomic E-state index is 7.33. The molecule has 0 aliphatic rings. The van der Waals surface area contributed by atoms with Crippen molar-refractivity contribution in [1.82, 2.24) is 0 Å². The summed E-state index contributed by atoms with van der Waals surface area (Å²) in [6, 6.07) is 0. The van der Waals surface area contributed by atoms with Crippen molar-refractivity contribution >= 4 is 37.8 Å². The first-order chi connectivity index (χ1) is 2.00. The zero-order chi connectivity index (χ0) is 4.50.